The molecular formula is C26H30O8. The van der Waals surface area contributed by atoms with E-state index < -0.39 is 53.5 Å². The third-order valence-corrected chi connectivity index (χ3v) is 6.49. The lowest BCUT2D eigenvalue weighted by molar-refractivity contribution is -0.157. The standard InChI is InChI=1S/C26H30O8/c1-15(17-9-5-3-6-10-17)13-21(25(31)32)22(26(33)34)20(18-11-7-4-8-12-18)14-19(24(29)30)16(2)23(27)28/h3-12,15-16,19-22H,13-14H2,1-2H3,(H,27,28)(H,29,30)(H,31,32)(H,33,34). The molecule has 0 radical (unpaired) electrons. The van der Waals surface area contributed by atoms with Crippen LogP contribution in [0.2, 0.25) is 0 Å². The highest BCUT2D eigenvalue weighted by atomic mass is 16.4. The van der Waals surface area contributed by atoms with E-state index >= 15 is 0 Å². The summed E-state index contributed by atoms with van der Waals surface area (Å²) >= 11 is 0. The summed E-state index contributed by atoms with van der Waals surface area (Å²) in [6.45, 7) is 3.07. The molecule has 182 valence electrons. The molecule has 2 rings (SSSR count). The lowest BCUT2D eigenvalue weighted by Crippen LogP contribution is -2.38. The molecule has 0 aliphatic heterocycles. The maximum Gasteiger partial charge on any atom is 0.307 e. The second-order valence-corrected chi connectivity index (χ2v) is 8.68. The Labute approximate surface area is 197 Å². The van der Waals surface area contributed by atoms with Gasteiger partial charge in [-0.15, -0.1) is 0 Å². The highest BCUT2D eigenvalue weighted by Gasteiger charge is 2.44. The van der Waals surface area contributed by atoms with E-state index in [-0.39, 0.29) is 18.8 Å². The predicted molar refractivity (Wildman–Crippen MR) is 123 cm³/mol. The van der Waals surface area contributed by atoms with E-state index in [1.807, 2.05) is 37.3 Å². The number of carbonyl (C=O) groups is 4. The number of carboxylic acid groups (broad SMARTS) is 4. The zero-order chi connectivity index (χ0) is 25.4. The molecule has 6 atom stereocenters. The van der Waals surface area contributed by atoms with Crippen LogP contribution >= 0.6 is 0 Å². The molecule has 8 nitrogen and oxygen atoms in total. The normalized spacial score (nSPS) is 16.4. The van der Waals surface area contributed by atoms with E-state index in [1.54, 1.807) is 30.3 Å². The van der Waals surface area contributed by atoms with Crippen LogP contribution in [0.5, 0.6) is 0 Å². The van der Waals surface area contributed by atoms with Gasteiger partial charge in [-0.3, -0.25) is 19.2 Å². The number of carboxylic acids is 4. The number of rotatable bonds is 13. The first-order chi connectivity index (χ1) is 16.0. The Hall–Kier alpha value is -3.68. The van der Waals surface area contributed by atoms with Crippen LogP contribution in [0.15, 0.2) is 60.7 Å². The van der Waals surface area contributed by atoms with Crippen molar-refractivity contribution in [3.63, 3.8) is 0 Å². The molecule has 0 spiro atoms. The van der Waals surface area contributed by atoms with Crippen LogP contribution in [0.1, 0.15) is 49.7 Å². The maximum absolute atomic E-state index is 12.5. The van der Waals surface area contributed by atoms with E-state index in [0.29, 0.717) is 5.56 Å². The smallest absolute Gasteiger partial charge is 0.307 e. The summed E-state index contributed by atoms with van der Waals surface area (Å²) < 4.78 is 0. The van der Waals surface area contributed by atoms with Gasteiger partial charge in [0.05, 0.1) is 23.7 Å². The van der Waals surface area contributed by atoms with Crippen molar-refractivity contribution in [3.8, 4) is 0 Å². The molecule has 0 aliphatic rings. The van der Waals surface area contributed by atoms with Gasteiger partial charge in [-0.05, 0) is 35.8 Å². The fraction of sp³-hybridized carbons (Fsp3) is 0.385. The van der Waals surface area contributed by atoms with Crippen LogP contribution in [0, 0.1) is 23.7 Å². The van der Waals surface area contributed by atoms with Gasteiger partial charge in [-0.25, -0.2) is 0 Å². The zero-order valence-electron chi connectivity index (χ0n) is 19.1. The monoisotopic (exact) mass is 470 g/mol. The maximum atomic E-state index is 12.5. The van der Waals surface area contributed by atoms with E-state index in [9.17, 15) is 39.6 Å². The second-order valence-electron chi connectivity index (χ2n) is 8.68. The van der Waals surface area contributed by atoms with Gasteiger partial charge in [-0.1, -0.05) is 74.5 Å². The summed E-state index contributed by atoms with van der Waals surface area (Å²) in [4.78, 5) is 48.3. The average Bonchev–Trinajstić information content (AvgIpc) is 2.80. The Bertz CT molecular complexity index is 988. The largest absolute Gasteiger partial charge is 0.481 e. The minimum absolute atomic E-state index is 0.0197. The molecule has 8 heteroatoms. The predicted octanol–water partition coefficient (Wildman–Crippen LogP) is 4.18. The van der Waals surface area contributed by atoms with Crippen LogP contribution in [-0.4, -0.2) is 44.3 Å². The number of benzene rings is 2. The molecule has 0 amide bonds. The molecule has 2 aromatic rings. The first kappa shape index (κ1) is 26.6. The van der Waals surface area contributed by atoms with Crippen molar-refractivity contribution in [1.29, 1.82) is 0 Å². The van der Waals surface area contributed by atoms with Crippen molar-refractivity contribution >= 4 is 23.9 Å². The first-order valence-corrected chi connectivity index (χ1v) is 11.1. The molecule has 0 saturated carbocycles. The minimum Gasteiger partial charge on any atom is -0.481 e. The van der Waals surface area contributed by atoms with Crippen LogP contribution in [0.3, 0.4) is 0 Å². The summed E-state index contributed by atoms with van der Waals surface area (Å²) in [6, 6.07) is 17.4. The Morgan fingerprint density at radius 1 is 0.618 bits per heavy atom. The third kappa shape index (κ3) is 6.66. The molecule has 0 aliphatic carbocycles. The van der Waals surface area contributed by atoms with Gasteiger partial charge in [0.2, 0.25) is 0 Å². The van der Waals surface area contributed by atoms with Crippen LogP contribution in [0.25, 0.3) is 0 Å². The van der Waals surface area contributed by atoms with Gasteiger partial charge in [0.15, 0.2) is 0 Å². The summed E-state index contributed by atoms with van der Waals surface area (Å²) in [6.07, 6.45) is -0.306. The lowest BCUT2D eigenvalue weighted by Gasteiger charge is -2.32. The highest BCUT2D eigenvalue weighted by molar-refractivity contribution is 5.82. The molecule has 0 bridgehead atoms. The van der Waals surface area contributed by atoms with Gasteiger partial charge in [0.25, 0.3) is 0 Å². The van der Waals surface area contributed by atoms with Gasteiger partial charge in [-0.2, -0.15) is 0 Å². The number of hydrogen-bond acceptors (Lipinski definition) is 4. The average molecular weight is 471 g/mol. The second kappa shape index (κ2) is 12.0. The van der Waals surface area contributed by atoms with Crippen LogP contribution < -0.4 is 0 Å². The van der Waals surface area contributed by atoms with Crippen molar-refractivity contribution in [3.05, 3.63) is 71.8 Å². The molecular weight excluding hydrogens is 440 g/mol. The SMILES string of the molecule is CC(CC(C(=O)O)C(C(=O)O)C(CC(C(=O)O)C(C)C(=O)O)c1ccccc1)c1ccccc1. The molecule has 4 N–H and O–H groups in total. The molecule has 0 fully saturated rings. The molecule has 2 aromatic carbocycles. The molecule has 34 heavy (non-hydrogen) atoms. The minimum atomic E-state index is -1.46. The molecule has 0 heterocycles. The van der Waals surface area contributed by atoms with Gasteiger partial charge >= 0.3 is 23.9 Å². The molecule has 0 aromatic heterocycles. The van der Waals surface area contributed by atoms with Crippen LogP contribution in [-0.2, 0) is 19.2 Å². The number of aliphatic carboxylic acids is 4. The number of hydrogen-bond donors (Lipinski definition) is 4. The summed E-state index contributed by atoms with van der Waals surface area (Å²) in [5, 5.41) is 39.4. The molecule has 6 unspecified atom stereocenters. The van der Waals surface area contributed by atoms with Gasteiger partial charge in [0, 0.05) is 0 Å². The Balaban J connectivity index is 2.53. The van der Waals surface area contributed by atoms with Crippen LogP contribution in [0.4, 0.5) is 0 Å². The Kier molecular flexibility index (Phi) is 9.36. The van der Waals surface area contributed by atoms with Crippen molar-refractivity contribution < 1.29 is 39.6 Å². The topological polar surface area (TPSA) is 149 Å². The molecule has 0 saturated heterocycles. The summed E-state index contributed by atoms with van der Waals surface area (Å²) in [5.74, 6) is -12.1. The summed E-state index contributed by atoms with van der Waals surface area (Å²) in [5.41, 5.74) is 1.31. The zero-order valence-corrected chi connectivity index (χ0v) is 19.1. The van der Waals surface area contributed by atoms with E-state index in [1.165, 1.54) is 6.92 Å². The summed E-state index contributed by atoms with van der Waals surface area (Å²) in [7, 11) is 0. The lowest BCUT2D eigenvalue weighted by atomic mass is 9.69. The fourth-order valence-electron chi connectivity index (χ4n) is 4.48. The van der Waals surface area contributed by atoms with Crippen molar-refractivity contribution in [2.24, 2.45) is 23.7 Å². The van der Waals surface area contributed by atoms with E-state index in [2.05, 4.69) is 0 Å². The highest BCUT2D eigenvalue weighted by Crippen LogP contribution is 2.41. The third-order valence-electron chi connectivity index (χ3n) is 6.49. The Morgan fingerprint density at radius 3 is 1.50 bits per heavy atom. The first-order valence-electron chi connectivity index (χ1n) is 11.1. The Morgan fingerprint density at radius 2 is 1.09 bits per heavy atom. The van der Waals surface area contributed by atoms with Gasteiger partial charge in [0.1, 0.15) is 0 Å². The van der Waals surface area contributed by atoms with Crippen molar-refractivity contribution in [2.45, 2.75) is 38.5 Å². The van der Waals surface area contributed by atoms with Crippen molar-refractivity contribution in [1.82, 2.24) is 0 Å². The van der Waals surface area contributed by atoms with E-state index in [0.717, 1.165) is 5.56 Å². The van der Waals surface area contributed by atoms with E-state index in [4.69, 9.17) is 0 Å². The van der Waals surface area contributed by atoms with Gasteiger partial charge < -0.3 is 20.4 Å². The quantitative estimate of drug-likeness (QED) is 0.341. The fourth-order valence-corrected chi connectivity index (χ4v) is 4.48. The van der Waals surface area contributed by atoms with Crippen molar-refractivity contribution in [2.75, 3.05) is 0 Å².